The average Bonchev–Trinajstić information content (AvgIpc) is 3.14. The molecule has 0 aliphatic carbocycles. The summed E-state index contributed by atoms with van der Waals surface area (Å²) in [5.41, 5.74) is 7.70. The zero-order valence-electron chi connectivity index (χ0n) is 17.1. The van der Waals surface area contributed by atoms with Crippen molar-refractivity contribution in [3.63, 3.8) is 0 Å². The van der Waals surface area contributed by atoms with Crippen LogP contribution in [-0.2, 0) is 12.8 Å². The lowest BCUT2D eigenvalue weighted by atomic mass is 10.0. The SMILES string of the molecule is C=Cc1cccc(CCCc2ccc(-n3c4ccccc4c4ccccc43)cc2)c1. The van der Waals surface area contributed by atoms with Crippen LogP contribution in [-0.4, -0.2) is 4.57 Å². The molecule has 0 radical (unpaired) electrons. The van der Waals surface area contributed by atoms with Gasteiger partial charge >= 0.3 is 0 Å². The molecule has 146 valence electrons. The van der Waals surface area contributed by atoms with Gasteiger partial charge in [0.15, 0.2) is 0 Å². The van der Waals surface area contributed by atoms with Crippen LogP contribution >= 0.6 is 0 Å². The molecule has 0 spiro atoms. The molecule has 5 aromatic rings. The van der Waals surface area contributed by atoms with Crippen LogP contribution in [0.4, 0.5) is 0 Å². The zero-order valence-corrected chi connectivity index (χ0v) is 17.1. The molecule has 1 heteroatoms. The third-order valence-corrected chi connectivity index (χ3v) is 5.89. The molecule has 1 nitrogen and oxygen atoms in total. The second-order valence-electron chi connectivity index (χ2n) is 7.84. The largest absolute Gasteiger partial charge is 0.309 e. The molecular formula is C29H25N. The molecule has 0 N–H and O–H groups in total. The lowest BCUT2D eigenvalue weighted by Gasteiger charge is -2.09. The van der Waals surface area contributed by atoms with Gasteiger partial charge in [-0.2, -0.15) is 0 Å². The maximum atomic E-state index is 3.87. The van der Waals surface area contributed by atoms with E-state index in [2.05, 4.69) is 108 Å². The fourth-order valence-corrected chi connectivity index (χ4v) is 4.38. The number of benzene rings is 4. The maximum Gasteiger partial charge on any atom is 0.0541 e. The highest BCUT2D eigenvalue weighted by atomic mass is 15.0. The topological polar surface area (TPSA) is 4.93 Å². The van der Waals surface area contributed by atoms with Gasteiger partial charge in [-0.05, 0) is 60.2 Å². The van der Waals surface area contributed by atoms with Gasteiger partial charge in [0.25, 0.3) is 0 Å². The maximum absolute atomic E-state index is 3.87. The number of hydrogen-bond donors (Lipinski definition) is 0. The molecule has 0 saturated heterocycles. The van der Waals surface area contributed by atoms with Gasteiger partial charge < -0.3 is 4.57 Å². The fraction of sp³-hybridized carbons (Fsp3) is 0.103. The number of aryl methyl sites for hydroxylation is 2. The first-order chi connectivity index (χ1) is 14.8. The van der Waals surface area contributed by atoms with Crippen molar-refractivity contribution in [2.24, 2.45) is 0 Å². The summed E-state index contributed by atoms with van der Waals surface area (Å²) in [4.78, 5) is 0. The minimum atomic E-state index is 1.09. The van der Waals surface area contributed by atoms with E-state index in [9.17, 15) is 0 Å². The molecule has 1 heterocycles. The van der Waals surface area contributed by atoms with Crippen LogP contribution in [0.5, 0.6) is 0 Å². The molecule has 0 fully saturated rings. The molecule has 5 rings (SSSR count). The number of aromatic nitrogens is 1. The molecule has 0 amide bonds. The first kappa shape index (κ1) is 18.4. The van der Waals surface area contributed by atoms with Crippen molar-refractivity contribution in [3.05, 3.63) is 120 Å². The molecule has 30 heavy (non-hydrogen) atoms. The lowest BCUT2D eigenvalue weighted by molar-refractivity contribution is 0.820. The Morgan fingerprint density at radius 2 is 1.27 bits per heavy atom. The summed E-state index contributed by atoms with van der Waals surface area (Å²) in [6.45, 7) is 3.87. The van der Waals surface area contributed by atoms with E-state index in [0.29, 0.717) is 0 Å². The molecule has 0 aliphatic rings. The lowest BCUT2D eigenvalue weighted by Crippen LogP contribution is -1.95. The summed E-state index contributed by atoms with van der Waals surface area (Å²) in [6, 6.07) is 35.0. The van der Waals surface area contributed by atoms with Gasteiger partial charge in [-0.3, -0.25) is 0 Å². The van der Waals surface area contributed by atoms with Gasteiger partial charge in [0.05, 0.1) is 11.0 Å². The molecule has 0 aliphatic heterocycles. The van der Waals surface area contributed by atoms with Crippen molar-refractivity contribution in [1.29, 1.82) is 0 Å². The van der Waals surface area contributed by atoms with Gasteiger partial charge in [0, 0.05) is 16.5 Å². The molecule has 0 unspecified atom stereocenters. The normalized spacial score (nSPS) is 11.2. The van der Waals surface area contributed by atoms with Gasteiger partial charge in [-0.15, -0.1) is 0 Å². The second-order valence-corrected chi connectivity index (χ2v) is 7.84. The second kappa shape index (κ2) is 8.04. The van der Waals surface area contributed by atoms with Crippen molar-refractivity contribution in [2.75, 3.05) is 0 Å². The van der Waals surface area contributed by atoms with Gasteiger partial charge in [-0.25, -0.2) is 0 Å². The number of nitrogens with zero attached hydrogens (tertiary/aromatic N) is 1. The first-order valence-corrected chi connectivity index (χ1v) is 10.6. The van der Waals surface area contributed by atoms with Crippen LogP contribution in [0.15, 0.2) is 104 Å². The van der Waals surface area contributed by atoms with Crippen LogP contribution in [0.3, 0.4) is 0 Å². The molecule has 0 atom stereocenters. The predicted molar refractivity (Wildman–Crippen MR) is 129 cm³/mol. The number of fused-ring (bicyclic) bond motifs is 3. The number of rotatable bonds is 6. The predicted octanol–water partition coefficient (Wildman–Crippen LogP) is 7.60. The van der Waals surface area contributed by atoms with E-state index in [1.165, 1.54) is 44.2 Å². The van der Waals surface area contributed by atoms with Crippen LogP contribution < -0.4 is 0 Å². The first-order valence-electron chi connectivity index (χ1n) is 10.6. The van der Waals surface area contributed by atoms with Gasteiger partial charge in [0.1, 0.15) is 0 Å². The van der Waals surface area contributed by atoms with E-state index in [-0.39, 0.29) is 0 Å². The van der Waals surface area contributed by atoms with E-state index in [4.69, 9.17) is 0 Å². The molecule has 0 saturated carbocycles. The third kappa shape index (κ3) is 3.44. The molecule has 1 aromatic heterocycles. The number of hydrogen-bond acceptors (Lipinski definition) is 0. The van der Waals surface area contributed by atoms with E-state index in [0.717, 1.165) is 19.3 Å². The van der Waals surface area contributed by atoms with E-state index < -0.39 is 0 Å². The Bertz CT molecular complexity index is 1270. The smallest absolute Gasteiger partial charge is 0.0541 e. The summed E-state index contributed by atoms with van der Waals surface area (Å²) in [6.07, 6.45) is 5.24. The van der Waals surface area contributed by atoms with E-state index >= 15 is 0 Å². The highest BCUT2D eigenvalue weighted by Crippen LogP contribution is 2.31. The number of para-hydroxylation sites is 2. The summed E-state index contributed by atoms with van der Waals surface area (Å²) < 4.78 is 2.37. The minimum absolute atomic E-state index is 1.09. The highest BCUT2D eigenvalue weighted by Gasteiger charge is 2.11. The molecule has 4 aromatic carbocycles. The average molecular weight is 388 g/mol. The highest BCUT2D eigenvalue weighted by molar-refractivity contribution is 6.09. The summed E-state index contributed by atoms with van der Waals surface area (Å²) in [7, 11) is 0. The minimum Gasteiger partial charge on any atom is -0.309 e. The summed E-state index contributed by atoms with van der Waals surface area (Å²) in [5.74, 6) is 0. The van der Waals surface area contributed by atoms with Crippen molar-refractivity contribution < 1.29 is 0 Å². The Balaban J connectivity index is 1.38. The Hall–Kier alpha value is -3.58. The standard InChI is InChI=1S/C29H25N/c1-2-22-9-7-11-24(21-22)12-8-10-23-17-19-25(20-18-23)30-28-15-5-3-13-26(28)27-14-4-6-16-29(27)30/h2-7,9,11,13-21H,1,8,10,12H2. The van der Waals surface area contributed by atoms with Gasteiger partial charge in [0.2, 0.25) is 0 Å². The molecular weight excluding hydrogens is 362 g/mol. The fourth-order valence-electron chi connectivity index (χ4n) is 4.38. The van der Waals surface area contributed by atoms with Crippen LogP contribution in [0.2, 0.25) is 0 Å². The van der Waals surface area contributed by atoms with Crippen molar-refractivity contribution >= 4 is 27.9 Å². The van der Waals surface area contributed by atoms with Crippen molar-refractivity contribution in [1.82, 2.24) is 4.57 Å². The summed E-state index contributed by atoms with van der Waals surface area (Å²) >= 11 is 0. The van der Waals surface area contributed by atoms with Crippen LogP contribution in [0, 0.1) is 0 Å². The van der Waals surface area contributed by atoms with Gasteiger partial charge in [-0.1, -0.05) is 85.5 Å². The van der Waals surface area contributed by atoms with Crippen LogP contribution in [0.25, 0.3) is 33.6 Å². The monoisotopic (exact) mass is 387 g/mol. The zero-order chi connectivity index (χ0) is 20.3. The quantitative estimate of drug-likeness (QED) is 0.283. The van der Waals surface area contributed by atoms with Crippen molar-refractivity contribution in [2.45, 2.75) is 19.3 Å². The Morgan fingerprint density at radius 1 is 0.633 bits per heavy atom. The third-order valence-electron chi connectivity index (χ3n) is 5.89. The molecule has 0 bridgehead atoms. The van der Waals surface area contributed by atoms with E-state index in [1.807, 2.05) is 6.08 Å². The Morgan fingerprint density at radius 3 is 1.93 bits per heavy atom. The summed E-state index contributed by atoms with van der Waals surface area (Å²) in [5, 5.41) is 2.61. The Labute approximate surface area is 177 Å². The Kier molecular flexibility index (Phi) is 4.94. The van der Waals surface area contributed by atoms with Crippen LogP contribution in [0.1, 0.15) is 23.1 Å². The van der Waals surface area contributed by atoms with E-state index in [1.54, 1.807) is 0 Å². The van der Waals surface area contributed by atoms with Crippen molar-refractivity contribution in [3.8, 4) is 5.69 Å².